The third-order valence-corrected chi connectivity index (χ3v) is 7.09. The summed E-state index contributed by atoms with van der Waals surface area (Å²) in [5.41, 5.74) is 3.37. The summed E-state index contributed by atoms with van der Waals surface area (Å²) < 4.78 is 5.89. The fourth-order valence-corrected chi connectivity index (χ4v) is 5.10. The fraction of sp³-hybridized carbons (Fsp3) is 0.423. The lowest BCUT2D eigenvalue weighted by Crippen LogP contribution is -2.49. The minimum Gasteiger partial charge on any atom is -0.492 e. The van der Waals surface area contributed by atoms with Crippen LogP contribution in [0, 0.1) is 5.92 Å². The molecule has 170 valence electrons. The number of rotatable bonds is 5. The summed E-state index contributed by atoms with van der Waals surface area (Å²) in [7, 11) is 0. The Morgan fingerprint density at radius 2 is 1.88 bits per heavy atom. The van der Waals surface area contributed by atoms with Crippen LogP contribution < -0.4 is 10.3 Å². The van der Waals surface area contributed by atoms with Crippen LogP contribution in [0.5, 0.6) is 5.75 Å². The molecule has 0 radical (unpaired) electrons. The first-order valence-corrected chi connectivity index (χ1v) is 11.9. The van der Waals surface area contributed by atoms with E-state index in [0.717, 1.165) is 66.5 Å². The summed E-state index contributed by atoms with van der Waals surface area (Å²) in [6.45, 7) is 5.19. The van der Waals surface area contributed by atoms with Crippen molar-refractivity contribution in [3.8, 4) is 5.75 Å². The highest BCUT2D eigenvalue weighted by atomic mass is 16.5. The van der Waals surface area contributed by atoms with Gasteiger partial charge in [0.05, 0.1) is 23.3 Å². The number of fused-ring (bicyclic) bond motifs is 2. The highest BCUT2D eigenvalue weighted by Crippen LogP contribution is 2.34. The summed E-state index contributed by atoms with van der Waals surface area (Å²) in [5, 5.41) is 8.42. The monoisotopic (exact) mass is 444 g/mol. The normalized spacial score (nSPS) is 18.4. The molecular weight excluding hydrogens is 416 g/mol. The van der Waals surface area contributed by atoms with Gasteiger partial charge in [0.15, 0.2) is 0 Å². The molecule has 1 N–H and O–H groups in total. The summed E-state index contributed by atoms with van der Waals surface area (Å²) in [4.78, 5) is 30.1. The molecule has 1 amide bonds. The zero-order valence-corrected chi connectivity index (χ0v) is 18.7. The number of amides is 1. The lowest BCUT2D eigenvalue weighted by molar-refractivity contribution is 0.0628. The summed E-state index contributed by atoms with van der Waals surface area (Å²) in [5.74, 6) is 1.67. The van der Waals surface area contributed by atoms with Gasteiger partial charge in [-0.15, -0.1) is 0 Å². The lowest BCUT2D eigenvalue weighted by Gasteiger charge is -2.35. The minimum absolute atomic E-state index is 0.0559. The second kappa shape index (κ2) is 8.30. The Balaban J connectivity index is 1.27. The van der Waals surface area contributed by atoms with Crippen LogP contribution >= 0.6 is 0 Å². The number of hydrogen-bond acceptors (Lipinski definition) is 5. The van der Waals surface area contributed by atoms with Crippen molar-refractivity contribution in [3.05, 3.63) is 69.1 Å². The molecule has 2 aliphatic heterocycles. The molecule has 3 heterocycles. The number of carbonyl (C=O) groups is 1. The van der Waals surface area contributed by atoms with E-state index < -0.39 is 0 Å². The Bertz CT molecular complexity index is 1270. The van der Waals surface area contributed by atoms with Crippen molar-refractivity contribution in [2.75, 3.05) is 39.3 Å². The molecule has 1 aliphatic carbocycles. The molecule has 0 bridgehead atoms. The highest BCUT2D eigenvalue weighted by molar-refractivity contribution is 5.98. The predicted molar refractivity (Wildman–Crippen MR) is 126 cm³/mol. The number of hydrogen-bond donors (Lipinski definition) is 1. The van der Waals surface area contributed by atoms with Gasteiger partial charge in [0.1, 0.15) is 5.75 Å². The summed E-state index contributed by atoms with van der Waals surface area (Å²) in [6.07, 6.45) is 4.06. The first-order valence-electron chi connectivity index (χ1n) is 11.9. The molecule has 0 spiro atoms. The molecule has 1 saturated heterocycles. The van der Waals surface area contributed by atoms with Crippen LogP contribution in [0.25, 0.3) is 10.8 Å². The third kappa shape index (κ3) is 4.02. The van der Waals surface area contributed by atoms with Crippen LogP contribution in [0.3, 0.4) is 0 Å². The van der Waals surface area contributed by atoms with Gasteiger partial charge in [0.2, 0.25) is 0 Å². The van der Waals surface area contributed by atoms with Crippen molar-refractivity contribution in [1.82, 2.24) is 20.0 Å². The van der Waals surface area contributed by atoms with Crippen molar-refractivity contribution in [3.63, 3.8) is 0 Å². The Labute approximate surface area is 192 Å². The Morgan fingerprint density at radius 1 is 1.09 bits per heavy atom. The van der Waals surface area contributed by atoms with Crippen LogP contribution in [0.1, 0.15) is 40.0 Å². The first kappa shape index (κ1) is 20.4. The van der Waals surface area contributed by atoms with Crippen LogP contribution in [-0.4, -0.2) is 65.2 Å². The molecule has 2 aromatic carbocycles. The van der Waals surface area contributed by atoms with E-state index in [4.69, 9.17) is 4.74 Å². The average Bonchev–Trinajstić information content (AvgIpc) is 3.53. The molecule has 0 atom stereocenters. The number of H-pyrrole nitrogens is 1. The molecular formula is C26H28N4O3. The van der Waals surface area contributed by atoms with Gasteiger partial charge >= 0.3 is 0 Å². The van der Waals surface area contributed by atoms with E-state index in [1.165, 1.54) is 19.4 Å². The van der Waals surface area contributed by atoms with Gasteiger partial charge < -0.3 is 9.64 Å². The maximum atomic E-state index is 13.5. The zero-order chi connectivity index (χ0) is 22.4. The number of ether oxygens (including phenoxy) is 1. The van der Waals surface area contributed by atoms with E-state index in [9.17, 15) is 9.59 Å². The van der Waals surface area contributed by atoms with Crippen molar-refractivity contribution in [1.29, 1.82) is 0 Å². The van der Waals surface area contributed by atoms with Crippen molar-refractivity contribution in [2.24, 2.45) is 5.92 Å². The van der Waals surface area contributed by atoms with Gasteiger partial charge in [-0.25, -0.2) is 5.10 Å². The largest absolute Gasteiger partial charge is 0.492 e. The van der Waals surface area contributed by atoms with Crippen LogP contribution in [0.2, 0.25) is 0 Å². The van der Waals surface area contributed by atoms with Gasteiger partial charge in [0, 0.05) is 51.0 Å². The maximum absolute atomic E-state index is 13.5. The van der Waals surface area contributed by atoms with E-state index in [1.807, 2.05) is 35.2 Å². The van der Waals surface area contributed by atoms with Gasteiger partial charge in [-0.1, -0.05) is 24.3 Å². The number of piperazine rings is 1. The maximum Gasteiger partial charge on any atom is 0.272 e. The molecule has 1 aromatic heterocycles. The molecule has 7 nitrogen and oxygen atoms in total. The van der Waals surface area contributed by atoms with Crippen LogP contribution in [0.4, 0.5) is 0 Å². The number of aromatic amines is 1. The van der Waals surface area contributed by atoms with Gasteiger partial charge in [-0.2, -0.15) is 5.10 Å². The number of benzene rings is 2. The number of nitrogens with zero attached hydrogens (tertiary/aromatic N) is 3. The number of nitrogens with one attached hydrogen (secondary N) is 1. The molecule has 0 unspecified atom stereocenters. The van der Waals surface area contributed by atoms with Gasteiger partial charge in [-0.3, -0.25) is 14.5 Å². The summed E-state index contributed by atoms with van der Waals surface area (Å²) in [6, 6.07) is 11.6. The van der Waals surface area contributed by atoms with E-state index in [0.29, 0.717) is 24.0 Å². The average molecular weight is 445 g/mol. The SMILES string of the molecule is O=C(c1cc(Cc2n[nH]c(=O)c3ccccc23)cc2c1OCC2)N1CCN(CC2CC2)CC1. The number of aromatic nitrogens is 2. The zero-order valence-electron chi connectivity index (χ0n) is 18.7. The molecule has 33 heavy (non-hydrogen) atoms. The third-order valence-electron chi connectivity index (χ3n) is 7.09. The van der Waals surface area contributed by atoms with E-state index >= 15 is 0 Å². The second-order valence-electron chi connectivity index (χ2n) is 9.49. The number of carbonyl (C=O) groups excluding carboxylic acids is 1. The predicted octanol–water partition coefficient (Wildman–Crippen LogP) is 2.62. The van der Waals surface area contributed by atoms with Crippen molar-refractivity contribution < 1.29 is 9.53 Å². The first-order chi connectivity index (χ1) is 16.2. The van der Waals surface area contributed by atoms with Crippen molar-refractivity contribution >= 4 is 16.7 Å². The lowest BCUT2D eigenvalue weighted by atomic mass is 9.98. The van der Waals surface area contributed by atoms with Crippen LogP contribution in [0.15, 0.2) is 41.2 Å². The molecule has 7 heteroatoms. The topological polar surface area (TPSA) is 78.5 Å². The second-order valence-corrected chi connectivity index (χ2v) is 9.49. The summed E-state index contributed by atoms with van der Waals surface area (Å²) >= 11 is 0. The molecule has 3 aliphatic rings. The molecule has 2 fully saturated rings. The standard InChI is InChI=1S/C26H28N4O3/c31-25-21-4-2-1-3-20(21)23(27-28-25)15-18-13-19-7-12-33-24(19)22(14-18)26(32)30-10-8-29(9-11-30)16-17-5-6-17/h1-4,13-14,17H,5-12,15-16H2,(H,28,31). The Hall–Kier alpha value is -3.19. The Kier molecular flexibility index (Phi) is 5.14. The highest BCUT2D eigenvalue weighted by Gasteiger charge is 2.30. The van der Waals surface area contributed by atoms with E-state index in [-0.39, 0.29) is 11.5 Å². The quantitative estimate of drug-likeness (QED) is 0.655. The molecule has 6 rings (SSSR count). The minimum atomic E-state index is -0.187. The molecule has 1 saturated carbocycles. The molecule has 3 aromatic rings. The van der Waals surface area contributed by atoms with Crippen LogP contribution in [-0.2, 0) is 12.8 Å². The van der Waals surface area contributed by atoms with E-state index in [1.54, 1.807) is 0 Å². The van der Waals surface area contributed by atoms with Crippen molar-refractivity contribution in [2.45, 2.75) is 25.7 Å². The Morgan fingerprint density at radius 3 is 2.67 bits per heavy atom. The van der Waals surface area contributed by atoms with Gasteiger partial charge in [0.25, 0.3) is 11.5 Å². The van der Waals surface area contributed by atoms with E-state index in [2.05, 4.69) is 21.2 Å². The fourth-order valence-electron chi connectivity index (χ4n) is 5.10. The van der Waals surface area contributed by atoms with Gasteiger partial charge in [-0.05, 0) is 42.0 Å². The smallest absolute Gasteiger partial charge is 0.272 e.